The predicted octanol–water partition coefficient (Wildman–Crippen LogP) is 17.6. The van der Waals surface area contributed by atoms with Crippen molar-refractivity contribution in [3.8, 4) is 0 Å². The first-order valence-electron chi connectivity index (χ1n) is 28.9. The van der Waals surface area contributed by atoms with E-state index in [0.29, 0.717) is 19.3 Å². The molecule has 81 heavy (non-hydrogen) atoms. The van der Waals surface area contributed by atoms with Gasteiger partial charge in [0.05, 0.1) is 17.1 Å². The van der Waals surface area contributed by atoms with E-state index < -0.39 is 0 Å². The first-order chi connectivity index (χ1) is 39.5. The Balaban J connectivity index is 0.000000206. The highest BCUT2D eigenvalue weighted by molar-refractivity contribution is 5.93. The second kappa shape index (κ2) is 38.4. The van der Waals surface area contributed by atoms with E-state index in [9.17, 15) is 14.4 Å². The zero-order valence-electron chi connectivity index (χ0n) is 49.1. The van der Waals surface area contributed by atoms with E-state index in [1.165, 1.54) is 126 Å². The number of aromatic nitrogens is 9. The number of carbonyl (C=O) groups is 3. The summed E-state index contributed by atoms with van der Waals surface area (Å²) in [7, 11) is 0. The minimum atomic E-state index is 0.106. The van der Waals surface area contributed by atoms with Crippen molar-refractivity contribution in [2.75, 3.05) is 0 Å². The second-order valence-corrected chi connectivity index (χ2v) is 19.5. The average molecular weight is 1090 g/mol. The summed E-state index contributed by atoms with van der Waals surface area (Å²) in [5, 5.41) is 3.57. The van der Waals surface area contributed by atoms with Gasteiger partial charge >= 0.3 is 0 Å². The maximum absolute atomic E-state index is 10.1. The Kier molecular flexibility index (Phi) is 30.9. The third-order valence-electron chi connectivity index (χ3n) is 13.5. The molecule has 3 N–H and O–H groups in total. The Bertz CT molecular complexity index is 2880. The van der Waals surface area contributed by atoms with Gasteiger partial charge in [-0.25, -0.2) is 29.9 Å². The Morgan fingerprint density at radius 3 is 0.852 bits per heavy atom. The van der Waals surface area contributed by atoms with Gasteiger partial charge in [0, 0.05) is 54.0 Å². The van der Waals surface area contributed by atoms with E-state index in [1.807, 2.05) is 39.4 Å². The number of carbonyl (C=O) groups excluding carboxylic acids is 3. The van der Waals surface area contributed by atoms with Crippen LogP contribution in [-0.4, -0.2) is 62.2 Å². The van der Waals surface area contributed by atoms with Crippen molar-refractivity contribution in [2.45, 2.75) is 157 Å². The van der Waals surface area contributed by atoms with E-state index in [-0.39, 0.29) is 17.3 Å². The van der Waals surface area contributed by atoms with Gasteiger partial charge in [-0.2, -0.15) is 0 Å². The lowest BCUT2D eigenvalue weighted by Gasteiger charge is -2.12. The van der Waals surface area contributed by atoms with Crippen molar-refractivity contribution in [3.05, 3.63) is 200 Å². The lowest BCUT2D eigenvalue weighted by atomic mass is 9.95. The molecule has 0 aromatic carbocycles. The fourth-order valence-corrected chi connectivity index (χ4v) is 8.85. The standard InChI is InChI=1S/3C13H15N3.3C5H8O.3C5H6/c3*1-9-7-14-13-11(9)12(15-8-16-13)10-5-3-2-4-6-10;3*1-3-5(6)4-2;3*1-2-4-5-3-1/h3*5,7-8H,2-4,6H2,1H3,(H,14,15,16);3*3H,1,4H2,2H3;3*1-4H,5H2. The van der Waals surface area contributed by atoms with Crippen molar-refractivity contribution in [1.82, 2.24) is 44.9 Å². The molecule has 0 saturated heterocycles. The van der Waals surface area contributed by atoms with Gasteiger partial charge < -0.3 is 15.0 Å². The van der Waals surface area contributed by atoms with Crippen molar-refractivity contribution in [3.63, 3.8) is 0 Å². The molecule has 0 spiro atoms. The van der Waals surface area contributed by atoms with Crippen LogP contribution in [0.2, 0.25) is 0 Å². The fourth-order valence-electron chi connectivity index (χ4n) is 8.85. The summed E-state index contributed by atoms with van der Waals surface area (Å²) in [6.07, 6.45) is 67.0. The number of nitrogens with zero attached hydrogens (tertiary/aromatic N) is 6. The Morgan fingerprint density at radius 1 is 0.420 bits per heavy atom. The quantitative estimate of drug-likeness (QED) is 0.119. The summed E-state index contributed by atoms with van der Waals surface area (Å²) in [6, 6.07) is 0. The number of hydrogen-bond acceptors (Lipinski definition) is 9. The number of aromatic amines is 3. The van der Waals surface area contributed by atoms with Crippen LogP contribution in [0.25, 0.3) is 49.8 Å². The van der Waals surface area contributed by atoms with Gasteiger partial charge in [0.1, 0.15) is 35.9 Å². The van der Waals surface area contributed by atoms with Gasteiger partial charge in [-0.1, -0.05) is 132 Å². The fraction of sp³-hybridized carbons (Fsp3) is 0.348. The summed E-state index contributed by atoms with van der Waals surface area (Å²) in [6.45, 7) is 21.6. The van der Waals surface area contributed by atoms with Crippen LogP contribution in [0.1, 0.15) is 170 Å². The van der Waals surface area contributed by atoms with Crippen LogP contribution in [0, 0.1) is 20.8 Å². The van der Waals surface area contributed by atoms with Crippen LogP contribution in [0.4, 0.5) is 0 Å². The number of H-pyrrole nitrogens is 3. The van der Waals surface area contributed by atoms with Gasteiger partial charge in [-0.05, 0) is 169 Å². The SMILES string of the molecule is C1=CCC=C1.C1=CCC=C1.C1=CCC=C1.C=CC(=O)CC.C=CC(=O)CC.C=CC(=O)CC.Cc1c[nH]c2ncnc(C3=CCCCC3)c12.Cc1c[nH]c2ncnc(C3=CCCCC3)c12.Cc1c[nH]c2ncnc(C3=CCCCC3)c12. The molecule has 0 radical (unpaired) electrons. The summed E-state index contributed by atoms with van der Waals surface area (Å²) in [5.41, 5.74) is 14.1. The molecule has 6 aliphatic rings. The molecule has 6 aromatic heterocycles. The number of ketones is 3. The molecule has 6 heterocycles. The van der Waals surface area contributed by atoms with E-state index in [2.05, 4.69) is 177 Å². The number of hydrogen-bond donors (Lipinski definition) is 3. The first kappa shape index (κ1) is 65.3. The lowest BCUT2D eigenvalue weighted by molar-refractivity contribution is -0.115. The molecular weight excluding hydrogens is 1000 g/mol. The molecule has 0 atom stereocenters. The maximum atomic E-state index is 10.1. The van der Waals surface area contributed by atoms with Gasteiger partial charge in [-0.3, -0.25) is 14.4 Å². The minimum absolute atomic E-state index is 0.106. The first-order valence-corrected chi connectivity index (χ1v) is 28.9. The smallest absolute Gasteiger partial charge is 0.154 e. The largest absolute Gasteiger partial charge is 0.346 e. The zero-order valence-corrected chi connectivity index (χ0v) is 49.1. The predicted molar refractivity (Wildman–Crippen MR) is 340 cm³/mol. The molecule has 0 amide bonds. The van der Waals surface area contributed by atoms with Gasteiger partial charge in [0.25, 0.3) is 0 Å². The van der Waals surface area contributed by atoms with E-state index in [4.69, 9.17) is 0 Å². The Morgan fingerprint density at radius 2 is 0.679 bits per heavy atom. The maximum Gasteiger partial charge on any atom is 0.154 e. The topological polar surface area (TPSA) is 176 Å². The van der Waals surface area contributed by atoms with Crippen molar-refractivity contribution in [1.29, 1.82) is 0 Å². The highest BCUT2D eigenvalue weighted by Gasteiger charge is 2.16. The van der Waals surface area contributed by atoms with Crippen molar-refractivity contribution in [2.24, 2.45) is 0 Å². The molecule has 0 aliphatic heterocycles. The normalized spacial score (nSPS) is 14.7. The van der Waals surface area contributed by atoms with Crippen molar-refractivity contribution >= 4 is 67.2 Å². The zero-order chi connectivity index (χ0) is 58.5. The molecule has 6 aliphatic carbocycles. The highest BCUT2D eigenvalue weighted by atomic mass is 16.1. The number of allylic oxidation sites excluding steroid dienone is 21. The number of nitrogens with one attached hydrogen (secondary N) is 3. The summed E-state index contributed by atoms with van der Waals surface area (Å²) < 4.78 is 0. The van der Waals surface area contributed by atoms with Crippen LogP contribution in [0.3, 0.4) is 0 Å². The molecule has 12 heteroatoms. The van der Waals surface area contributed by atoms with Crippen LogP contribution < -0.4 is 0 Å². The number of rotatable bonds is 9. The third-order valence-corrected chi connectivity index (χ3v) is 13.5. The monoisotopic (exact) mass is 1090 g/mol. The third kappa shape index (κ3) is 22.8. The van der Waals surface area contributed by atoms with Crippen LogP contribution in [0.15, 0.2) is 167 Å². The second-order valence-electron chi connectivity index (χ2n) is 19.5. The van der Waals surface area contributed by atoms with Crippen LogP contribution >= 0.6 is 0 Å². The Labute approximate surface area is 481 Å². The van der Waals surface area contributed by atoms with Crippen molar-refractivity contribution < 1.29 is 14.4 Å². The van der Waals surface area contributed by atoms with Crippen LogP contribution in [0.5, 0.6) is 0 Å². The molecule has 0 fully saturated rings. The summed E-state index contributed by atoms with van der Waals surface area (Å²) in [4.78, 5) is 65.9. The molecular formula is C69H87N9O3. The van der Waals surface area contributed by atoms with Gasteiger partial charge in [-0.15, -0.1) is 0 Å². The number of aryl methyl sites for hydroxylation is 3. The molecule has 6 aromatic rings. The van der Waals surface area contributed by atoms with Gasteiger partial charge in [0.15, 0.2) is 17.3 Å². The molecule has 0 saturated carbocycles. The van der Waals surface area contributed by atoms with E-state index in [0.717, 1.165) is 72.5 Å². The lowest BCUT2D eigenvalue weighted by Crippen LogP contribution is -1.96. The van der Waals surface area contributed by atoms with E-state index in [1.54, 1.807) is 19.0 Å². The highest BCUT2D eigenvalue weighted by Crippen LogP contribution is 2.33. The molecule has 0 unspecified atom stereocenters. The minimum Gasteiger partial charge on any atom is -0.346 e. The summed E-state index contributed by atoms with van der Waals surface area (Å²) in [5.74, 6) is 0.319. The molecule has 12 rings (SSSR count). The summed E-state index contributed by atoms with van der Waals surface area (Å²) >= 11 is 0. The van der Waals surface area contributed by atoms with Crippen LogP contribution in [-0.2, 0) is 14.4 Å². The van der Waals surface area contributed by atoms with E-state index >= 15 is 0 Å². The molecule has 12 nitrogen and oxygen atoms in total. The number of fused-ring (bicyclic) bond motifs is 3. The average Bonchev–Trinajstić information content (AvgIpc) is 4.62. The molecule has 0 bridgehead atoms. The Hall–Kier alpha value is -8.25. The van der Waals surface area contributed by atoms with Gasteiger partial charge in [0.2, 0.25) is 0 Å². The molecule has 426 valence electrons.